The van der Waals surface area contributed by atoms with E-state index < -0.39 is 0 Å². The lowest BCUT2D eigenvalue weighted by Gasteiger charge is -2.02. The molecule has 1 aromatic carbocycles. The standard InChI is InChI=1S/C15H15NO/c1-12(14-7-9-16-10-8-14)11-13-3-5-15(17-2)6-4-13/h3-11H,1-2H3/b12-11+. The first-order valence-electron chi connectivity index (χ1n) is 5.52. The van der Waals surface area contributed by atoms with Crippen molar-refractivity contribution in [3.05, 3.63) is 59.9 Å². The summed E-state index contributed by atoms with van der Waals surface area (Å²) in [7, 11) is 1.67. The molecule has 0 amide bonds. The number of aromatic nitrogens is 1. The quantitative estimate of drug-likeness (QED) is 0.795. The lowest BCUT2D eigenvalue weighted by molar-refractivity contribution is 0.415. The van der Waals surface area contributed by atoms with E-state index in [9.17, 15) is 0 Å². The number of methoxy groups -OCH3 is 1. The second-order valence-corrected chi connectivity index (χ2v) is 3.84. The number of hydrogen-bond donors (Lipinski definition) is 0. The van der Waals surface area contributed by atoms with Crippen molar-refractivity contribution in [2.24, 2.45) is 0 Å². The summed E-state index contributed by atoms with van der Waals surface area (Å²) in [5, 5.41) is 0. The number of ether oxygens (including phenoxy) is 1. The Morgan fingerprint density at radius 3 is 2.29 bits per heavy atom. The van der Waals surface area contributed by atoms with Crippen molar-refractivity contribution in [3.63, 3.8) is 0 Å². The molecule has 17 heavy (non-hydrogen) atoms. The Balaban J connectivity index is 2.23. The van der Waals surface area contributed by atoms with Crippen LogP contribution in [0, 0.1) is 0 Å². The predicted octanol–water partition coefficient (Wildman–Crippen LogP) is 3.65. The zero-order valence-corrected chi connectivity index (χ0v) is 10.1. The number of allylic oxidation sites excluding steroid dienone is 1. The topological polar surface area (TPSA) is 22.1 Å². The Labute approximate surface area is 102 Å². The smallest absolute Gasteiger partial charge is 0.118 e. The van der Waals surface area contributed by atoms with Crippen LogP contribution < -0.4 is 4.74 Å². The van der Waals surface area contributed by atoms with Gasteiger partial charge in [-0.05, 0) is 47.9 Å². The van der Waals surface area contributed by atoms with E-state index in [1.54, 1.807) is 19.5 Å². The maximum atomic E-state index is 5.13. The molecule has 0 N–H and O–H groups in total. The van der Waals surface area contributed by atoms with Crippen LogP contribution in [0.25, 0.3) is 11.6 Å². The fourth-order valence-corrected chi connectivity index (χ4v) is 1.65. The van der Waals surface area contributed by atoms with Crippen molar-refractivity contribution in [3.8, 4) is 5.75 Å². The maximum absolute atomic E-state index is 5.13. The minimum absolute atomic E-state index is 0.878. The molecular weight excluding hydrogens is 210 g/mol. The number of rotatable bonds is 3. The Bertz CT molecular complexity index is 500. The molecule has 86 valence electrons. The highest BCUT2D eigenvalue weighted by atomic mass is 16.5. The largest absolute Gasteiger partial charge is 0.497 e. The molecule has 2 nitrogen and oxygen atoms in total. The maximum Gasteiger partial charge on any atom is 0.118 e. The third kappa shape index (κ3) is 2.94. The van der Waals surface area contributed by atoms with Gasteiger partial charge < -0.3 is 4.74 Å². The summed E-state index contributed by atoms with van der Waals surface area (Å²) in [5.41, 5.74) is 3.58. The Kier molecular flexibility index (Phi) is 3.55. The van der Waals surface area contributed by atoms with Crippen LogP contribution in [-0.4, -0.2) is 12.1 Å². The number of pyridine rings is 1. The Hall–Kier alpha value is -2.09. The van der Waals surface area contributed by atoms with Gasteiger partial charge in [0.1, 0.15) is 5.75 Å². The molecular formula is C15H15NO. The van der Waals surface area contributed by atoms with Gasteiger partial charge in [0.15, 0.2) is 0 Å². The monoisotopic (exact) mass is 225 g/mol. The number of benzene rings is 1. The molecule has 0 radical (unpaired) electrons. The van der Waals surface area contributed by atoms with E-state index >= 15 is 0 Å². The van der Waals surface area contributed by atoms with Crippen molar-refractivity contribution in [2.75, 3.05) is 7.11 Å². The van der Waals surface area contributed by atoms with Gasteiger partial charge in [-0.3, -0.25) is 4.98 Å². The molecule has 0 unspecified atom stereocenters. The van der Waals surface area contributed by atoms with Crippen LogP contribution in [0.5, 0.6) is 5.75 Å². The summed E-state index contributed by atoms with van der Waals surface area (Å²) in [6, 6.07) is 12.0. The predicted molar refractivity (Wildman–Crippen MR) is 70.8 cm³/mol. The van der Waals surface area contributed by atoms with Crippen molar-refractivity contribution < 1.29 is 4.74 Å². The molecule has 2 rings (SSSR count). The van der Waals surface area contributed by atoms with Gasteiger partial charge in [0.05, 0.1) is 7.11 Å². The van der Waals surface area contributed by atoms with Gasteiger partial charge in [-0.15, -0.1) is 0 Å². The zero-order valence-electron chi connectivity index (χ0n) is 10.1. The van der Waals surface area contributed by atoms with Gasteiger partial charge in [-0.1, -0.05) is 18.2 Å². The van der Waals surface area contributed by atoms with Crippen molar-refractivity contribution >= 4 is 11.6 Å². The third-order valence-corrected chi connectivity index (χ3v) is 2.63. The summed E-state index contributed by atoms with van der Waals surface area (Å²) in [4.78, 5) is 4.01. The van der Waals surface area contributed by atoms with Crippen LogP contribution in [-0.2, 0) is 0 Å². The summed E-state index contributed by atoms with van der Waals surface area (Å²) in [6.45, 7) is 2.10. The van der Waals surface area contributed by atoms with Gasteiger partial charge in [-0.25, -0.2) is 0 Å². The van der Waals surface area contributed by atoms with Gasteiger partial charge in [0.25, 0.3) is 0 Å². The highest BCUT2D eigenvalue weighted by Gasteiger charge is 1.96. The highest BCUT2D eigenvalue weighted by Crippen LogP contribution is 2.18. The molecule has 0 aliphatic rings. The van der Waals surface area contributed by atoms with Crippen LogP contribution in [0.1, 0.15) is 18.1 Å². The molecule has 0 spiro atoms. The van der Waals surface area contributed by atoms with Crippen molar-refractivity contribution in [1.82, 2.24) is 4.98 Å². The van der Waals surface area contributed by atoms with E-state index in [0.717, 1.165) is 5.75 Å². The Morgan fingerprint density at radius 1 is 1.06 bits per heavy atom. The first-order chi connectivity index (χ1) is 8.29. The molecule has 0 saturated heterocycles. The summed E-state index contributed by atoms with van der Waals surface area (Å²) in [5.74, 6) is 0.878. The minimum atomic E-state index is 0.878. The van der Waals surface area contributed by atoms with Gasteiger partial charge in [0, 0.05) is 12.4 Å². The van der Waals surface area contributed by atoms with E-state index in [-0.39, 0.29) is 0 Å². The van der Waals surface area contributed by atoms with E-state index in [1.165, 1.54) is 16.7 Å². The fraction of sp³-hybridized carbons (Fsp3) is 0.133. The second-order valence-electron chi connectivity index (χ2n) is 3.84. The summed E-state index contributed by atoms with van der Waals surface area (Å²) >= 11 is 0. The molecule has 0 bridgehead atoms. The van der Waals surface area contributed by atoms with Gasteiger partial charge in [-0.2, -0.15) is 0 Å². The van der Waals surface area contributed by atoms with Crippen molar-refractivity contribution in [2.45, 2.75) is 6.92 Å². The number of nitrogens with zero attached hydrogens (tertiary/aromatic N) is 1. The molecule has 0 saturated carbocycles. The molecule has 2 aromatic rings. The van der Waals surface area contributed by atoms with Gasteiger partial charge >= 0.3 is 0 Å². The molecule has 2 heteroatoms. The van der Waals surface area contributed by atoms with E-state index in [0.29, 0.717) is 0 Å². The van der Waals surface area contributed by atoms with Crippen LogP contribution in [0.2, 0.25) is 0 Å². The van der Waals surface area contributed by atoms with Crippen LogP contribution >= 0.6 is 0 Å². The molecule has 0 atom stereocenters. The Morgan fingerprint density at radius 2 is 1.71 bits per heavy atom. The first-order valence-corrected chi connectivity index (χ1v) is 5.52. The molecule has 0 fully saturated rings. The fourth-order valence-electron chi connectivity index (χ4n) is 1.65. The minimum Gasteiger partial charge on any atom is -0.497 e. The summed E-state index contributed by atoms with van der Waals surface area (Å²) < 4.78 is 5.13. The van der Waals surface area contributed by atoms with E-state index in [1.807, 2.05) is 36.4 Å². The van der Waals surface area contributed by atoms with Gasteiger partial charge in [0.2, 0.25) is 0 Å². The average molecular weight is 225 g/mol. The van der Waals surface area contributed by atoms with E-state index in [4.69, 9.17) is 4.74 Å². The zero-order chi connectivity index (χ0) is 12.1. The normalized spacial score (nSPS) is 11.3. The van der Waals surface area contributed by atoms with Crippen LogP contribution in [0.3, 0.4) is 0 Å². The first kappa shape index (κ1) is 11.4. The second kappa shape index (κ2) is 5.30. The highest BCUT2D eigenvalue weighted by molar-refractivity contribution is 5.79. The third-order valence-electron chi connectivity index (χ3n) is 2.63. The lowest BCUT2D eigenvalue weighted by Crippen LogP contribution is -1.83. The molecule has 1 heterocycles. The van der Waals surface area contributed by atoms with Crippen LogP contribution in [0.15, 0.2) is 48.8 Å². The SMILES string of the molecule is COc1ccc(/C=C(\C)c2ccncc2)cc1. The molecule has 1 aromatic heterocycles. The lowest BCUT2D eigenvalue weighted by atomic mass is 10.1. The van der Waals surface area contributed by atoms with Crippen LogP contribution in [0.4, 0.5) is 0 Å². The number of hydrogen-bond acceptors (Lipinski definition) is 2. The average Bonchev–Trinajstić information content (AvgIpc) is 2.40. The molecule has 0 aliphatic carbocycles. The molecule has 0 aliphatic heterocycles. The van der Waals surface area contributed by atoms with Crippen molar-refractivity contribution in [1.29, 1.82) is 0 Å². The van der Waals surface area contributed by atoms with E-state index in [2.05, 4.69) is 18.0 Å². The summed E-state index contributed by atoms with van der Waals surface area (Å²) in [6.07, 6.45) is 5.76.